The zero-order valence-corrected chi connectivity index (χ0v) is 18.4. The average Bonchev–Trinajstić information content (AvgIpc) is 2.77. The fourth-order valence-corrected chi connectivity index (χ4v) is 4.31. The summed E-state index contributed by atoms with van der Waals surface area (Å²) in [5, 5.41) is 0. The third kappa shape index (κ3) is 6.49. The summed E-state index contributed by atoms with van der Waals surface area (Å²) in [7, 11) is 3.35. The van der Waals surface area contributed by atoms with Crippen molar-refractivity contribution in [2.45, 2.75) is 44.6 Å². The number of benzene rings is 1. The van der Waals surface area contributed by atoms with E-state index >= 15 is 0 Å². The second-order valence-electron chi connectivity index (χ2n) is 8.00. The van der Waals surface area contributed by atoms with Gasteiger partial charge in [-0.1, -0.05) is 0 Å². The molecule has 6 nitrogen and oxygen atoms in total. The van der Waals surface area contributed by atoms with Crippen molar-refractivity contribution in [1.82, 2.24) is 4.90 Å². The van der Waals surface area contributed by atoms with Crippen molar-refractivity contribution in [2.24, 2.45) is 17.6 Å². The Morgan fingerprint density at radius 1 is 1.10 bits per heavy atom. The third-order valence-electron chi connectivity index (χ3n) is 6.24. The standard InChI is InChI=1S/C22H34N2O4.ClH/c1-26-19-13-17(14-20(15-19)27-2)4-3-16-5-9-24(10-6-16)22(25)21(23)18-7-11-28-12-8-18;/h13-16,18,21H,3-12,23H2,1-2H3;1H. The number of methoxy groups -OCH3 is 2. The number of likely N-dealkylation sites (tertiary alicyclic amines) is 1. The maximum Gasteiger partial charge on any atom is 0.239 e. The largest absolute Gasteiger partial charge is 0.497 e. The number of aryl methyl sites for hydroxylation is 1. The Morgan fingerprint density at radius 3 is 2.24 bits per heavy atom. The fraction of sp³-hybridized carbons (Fsp3) is 0.682. The van der Waals surface area contributed by atoms with E-state index in [2.05, 4.69) is 12.1 Å². The van der Waals surface area contributed by atoms with Crippen molar-refractivity contribution in [3.63, 3.8) is 0 Å². The van der Waals surface area contributed by atoms with Crippen LogP contribution >= 0.6 is 12.4 Å². The fourth-order valence-electron chi connectivity index (χ4n) is 4.31. The van der Waals surface area contributed by atoms with Crippen molar-refractivity contribution in [2.75, 3.05) is 40.5 Å². The van der Waals surface area contributed by atoms with Gasteiger partial charge in [0.25, 0.3) is 0 Å². The zero-order chi connectivity index (χ0) is 19.9. The highest BCUT2D eigenvalue weighted by molar-refractivity contribution is 5.85. The highest BCUT2D eigenvalue weighted by Crippen LogP contribution is 2.28. The van der Waals surface area contributed by atoms with E-state index in [4.69, 9.17) is 19.9 Å². The lowest BCUT2D eigenvalue weighted by Crippen LogP contribution is -2.51. The zero-order valence-electron chi connectivity index (χ0n) is 17.6. The predicted octanol–water partition coefficient (Wildman–Crippen LogP) is 3.05. The number of hydrogen-bond donors (Lipinski definition) is 1. The molecule has 7 heteroatoms. The molecule has 0 bridgehead atoms. The topological polar surface area (TPSA) is 74.0 Å². The number of hydrogen-bond acceptors (Lipinski definition) is 5. The summed E-state index contributed by atoms with van der Waals surface area (Å²) in [4.78, 5) is 14.7. The summed E-state index contributed by atoms with van der Waals surface area (Å²) >= 11 is 0. The van der Waals surface area contributed by atoms with Gasteiger partial charge in [0.1, 0.15) is 11.5 Å². The van der Waals surface area contributed by atoms with Crippen molar-refractivity contribution < 1.29 is 19.0 Å². The number of ether oxygens (including phenoxy) is 3. The molecule has 1 aromatic rings. The number of piperidine rings is 1. The van der Waals surface area contributed by atoms with Gasteiger partial charge in [-0.05, 0) is 68.1 Å². The SMILES string of the molecule is COc1cc(CCC2CCN(C(=O)C(N)C3CCOCC3)CC2)cc(OC)c1.Cl. The second kappa shape index (κ2) is 11.6. The lowest BCUT2D eigenvalue weighted by molar-refractivity contribution is -0.136. The van der Waals surface area contributed by atoms with Crippen LogP contribution in [0, 0.1) is 11.8 Å². The molecule has 0 radical (unpaired) electrons. The minimum Gasteiger partial charge on any atom is -0.497 e. The van der Waals surface area contributed by atoms with Crippen LogP contribution in [0.4, 0.5) is 0 Å². The number of carbonyl (C=O) groups excluding carboxylic acids is 1. The Morgan fingerprint density at radius 2 is 1.69 bits per heavy atom. The Balaban J connectivity index is 0.00000300. The molecule has 2 aliphatic rings. The Hall–Kier alpha value is -1.50. The number of halogens is 1. The van der Waals surface area contributed by atoms with Gasteiger partial charge < -0.3 is 24.8 Å². The highest BCUT2D eigenvalue weighted by Gasteiger charge is 2.31. The van der Waals surface area contributed by atoms with Crippen LogP contribution in [0.25, 0.3) is 0 Å². The molecule has 29 heavy (non-hydrogen) atoms. The molecule has 2 heterocycles. The molecule has 2 saturated heterocycles. The Bertz CT molecular complexity index is 621. The number of nitrogens with two attached hydrogens (primary N) is 1. The molecule has 1 amide bonds. The summed E-state index contributed by atoms with van der Waals surface area (Å²) in [5.41, 5.74) is 7.51. The molecule has 3 rings (SSSR count). The lowest BCUT2D eigenvalue weighted by atomic mass is 9.88. The first-order valence-corrected chi connectivity index (χ1v) is 10.4. The first-order chi connectivity index (χ1) is 13.6. The molecule has 1 unspecified atom stereocenters. The minimum atomic E-state index is -0.371. The quantitative estimate of drug-likeness (QED) is 0.725. The minimum absolute atomic E-state index is 0. The van der Waals surface area contributed by atoms with Gasteiger partial charge in [-0.3, -0.25) is 4.79 Å². The van der Waals surface area contributed by atoms with E-state index in [1.165, 1.54) is 5.56 Å². The number of rotatable bonds is 7. The van der Waals surface area contributed by atoms with Gasteiger partial charge in [0.15, 0.2) is 0 Å². The van der Waals surface area contributed by atoms with Crippen molar-refractivity contribution in [3.05, 3.63) is 23.8 Å². The Labute approximate surface area is 180 Å². The molecule has 1 atom stereocenters. The molecule has 2 fully saturated rings. The summed E-state index contributed by atoms with van der Waals surface area (Å²) < 4.78 is 16.1. The van der Waals surface area contributed by atoms with Crippen LogP contribution in [-0.4, -0.2) is 57.4 Å². The first-order valence-electron chi connectivity index (χ1n) is 10.4. The maximum atomic E-state index is 12.8. The van der Waals surface area contributed by atoms with E-state index in [1.807, 2.05) is 11.0 Å². The van der Waals surface area contributed by atoms with E-state index in [0.29, 0.717) is 5.92 Å². The molecule has 0 spiro atoms. The van der Waals surface area contributed by atoms with E-state index in [9.17, 15) is 4.79 Å². The van der Waals surface area contributed by atoms with E-state index in [-0.39, 0.29) is 30.3 Å². The monoisotopic (exact) mass is 426 g/mol. The van der Waals surface area contributed by atoms with E-state index in [0.717, 1.165) is 76.3 Å². The molecule has 164 valence electrons. The van der Waals surface area contributed by atoms with Crippen LogP contribution in [0.1, 0.15) is 37.7 Å². The number of amides is 1. The van der Waals surface area contributed by atoms with Crippen LogP contribution in [0.2, 0.25) is 0 Å². The molecular formula is C22H35ClN2O4. The van der Waals surface area contributed by atoms with Gasteiger partial charge in [-0.25, -0.2) is 0 Å². The normalized spacial score (nSPS) is 19.3. The molecule has 0 aromatic heterocycles. The summed E-state index contributed by atoms with van der Waals surface area (Å²) in [6.45, 7) is 3.09. The predicted molar refractivity (Wildman–Crippen MR) is 116 cm³/mol. The van der Waals surface area contributed by atoms with Crippen LogP contribution in [0.5, 0.6) is 11.5 Å². The average molecular weight is 427 g/mol. The highest BCUT2D eigenvalue weighted by atomic mass is 35.5. The summed E-state index contributed by atoms with van der Waals surface area (Å²) in [6.07, 6.45) is 6.00. The smallest absolute Gasteiger partial charge is 0.239 e. The van der Waals surface area contributed by atoms with Gasteiger partial charge in [-0.2, -0.15) is 0 Å². The van der Waals surface area contributed by atoms with E-state index in [1.54, 1.807) is 14.2 Å². The van der Waals surface area contributed by atoms with Crippen LogP contribution in [0.3, 0.4) is 0 Å². The van der Waals surface area contributed by atoms with Gasteiger partial charge >= 0.3 is 0 Å². The lowest BCUT2D eigenvalue weighted by Gasteiger charge is -2.36. The Kier molecular flexibility index (Phi) is 9.53. The molecular weight excluding hydrogens is 392 g/mol. The van der Waals surface area contributed by atoms with E-state index < -0.39 is 0 Å². The third-order valence-corrected chi connectivity index (χ3v) is 6.24. The molecule has 0 aliphatic carbocycles. The van der Waals surface area contributed by atoms with Crippen LogP contribution < -0.4 is 15.2 Å². The number of carbonyl (C=O) groups is 1. The number of nitrogens with zero attached hydrogens (tertiary/aromatic N) is 1. The van der Waals surface area contributed by atoms with Crippen molar-refractivity contribution in [3.8, 4) is 11.5 Å². The first kappa shape index (κ1) is 23.8. The molecule has 2 aliphatic heterocycles. The molecule has 0 saturated carbocycles. The molecule has 1 aromatic carbocycles. The maximum absolute atomic E-state index is 12.8. The van der Waals surface area contributed by atoms with Gasteiger partial charge in [0.05, 0.1) is 20.3 Å². The van der Waals surface area contributed by atoms with Crippen molar-refractivity contribution in [1.29, 1.82) is 0 Å². The van der Waals surface area contributed by atoms with Crippen LogP contribution in [0.15, 0.2) is 18.2 Å². The molecule has 2 N–H and O–H groups in total. The van der Waals surface area contributed by atoms with Crippen molar-refractivity contribution >= 4 is 18.3 Å². The summed E-state index contributed by atoms with van der Waals surface area (Å²) in [5.74, 6) is 2.69. The van der Waals surface area contributed by atoms with Gasteiger partial charge in [0, 0.05) is 32.4 Å². The summed E-state index contributed by atoms with van der Waals surface area (Å²) in [6, 6.07) is 5.68. The van der Waals surface area contributed by atoms with Gasteiger partial charge in [-0.15, -0.1) is 12.4 Å². The van der Waals surface area contributed by atoms with Gasteiger partial charge in [0.2, 0.25) is 5.91 Å². The van der Waals surface area contributed by atoms with Crippen LogP contribution in [-0.2, 0) is 16.0 Å². The second-order valence-corrected chi connectivity index (χ2v) is 8.00.